The Balaban J connectivity index is 3.03. The summed E-state index contributed by atoms with van der Waals surface area (Å²) in [6.07, 6.45) is 0.0352. The Hall–Kier alpha value is -2.33. The van der Waals surface area contributed by atoms with Crippen LogP contribution in [0.25, 0.3) is 0 Å². The molecule has 1 rings (SSSR count). The lowest BCUT2D eigenvalue weighted by Gasteiger charge is -2.15. The van der Waals surface area contributed by atoms with E-state index in [1.165, 1.54) is 0 Å². The molecule has 0 fully saturated rings. The van der Waals surface area contributed by atoms with Crippen LogP contribution in [0.15, 0.2) is 30.3 Å². The summed E-state index contributed by atoms with van der Waals surface area (Å²) in [6, 6.07) is 12.4. The van der Waals surface area contributed by atoms with Crippen LogP contribution in [0.3, 0.4) is 0 Å². The third-order valence-electron chi connectivity index (χ3n) is 2.23. The maximum Gasteiger partial charge on any atom is 0.341 e. The lowest BCUT2D eigenvalue weighted by Crippen LogP contribution is -2.31. The van der Waals surface area contributed by atoms with Gasteiger partial charge in [-0.3, -0.25) is 0 Å². The van der Waals surface area contributed by atoms with E-state index in [1.807, 2.05) is 6.07 Å². The summed E-state index contributed by atoms with van der Waals surface area (Å²) in [7, 11) is 1.16. The van der Waals surface area contributed by atoms with Crippen LogP contribution in [0.5, 0.6) is 0 Å². The van der Waals surface area contributed by atoms with Crippen molar-refractivity contribution in [2.45, 2.75) is 6.42 Å². The number of carbonyl (C=O) groups is 1. The summed E-state index contributed by atoms with van der Waals surface area (Å²) < 4.78 is 4.49. The molecule has 0 spiro atoms. The zero-order valence-electron chi connectivity index (χ0n) is 8.80. The Bertz CT molecular complexity index is 440. The van der Waals surface area contributed by atoms with E-state index in [0.717, 1.165) is 12.7 Å². The Morgan fingerprint density at radius 3 is 2.31 bits per heavy atom. The fourth-order valence-corrected chi connectivity index (χ4v) is 1.34. The summed E-state index contributed by atoms with van der Waals surface area (Å²) in [6.45, 7) is 0. The summed E-state index contributed by atoms with van der Waals surface area (Å²) in [4.78, 5) is 11.4. The smallest absolute Gasteiger partial charge is 0.341 e. The van der Waals surface area contributed by atoms with Crippen LogP contribution in [-0.2, 0) is 16.0 Å². The Kier molecular flexibility index (Phi) is 3.63. The van der Waals surface area contributed by atoms with E-state index in [-0.39, 0.29) is 6.42 Å². The molecule has 0 amide bonds. The second kappa shape index (κ2) is 4.95. The Labute approximate surface area is 93.7 Å². The first-order chi connectivity index (χ1) is 7.68. The van der Waals surface area contributed by atoms with Gasteiger partial charge >= 0.3 is 5.97 Å². The predicted molar refractivity (Wildman–Crippen MR) is 55.8 cm³/mol. The van der Waals surface area contributed by atoms with Crippen molar-refractivity contribution in [1.29, 1.82) is 10.5 Å². The molecular weight excluding hydrogens is 204 g/mol. The number of hydrogen-bond acceptors (Lipinski definition) is 4. The van der Waals surface area contributed by atoms with E-state index >= 15 is 0 Å². The van der Waals surface area contributed by atoms with Crippen LogP contribution in [0.4, 0.5) is 0 Å². The van der Waals surface area contributed by atoms with Gasteiger partial charge < -0.3 is 4.74 Å². The molecule has 0 unspecified atom stereocenters. The quantitative estimate of drug-likeness (QED) is 0.713. The summed E-state index contributed by atoms with van der Waals surface area (Å²) in [5, 5.41) is 17.9. The van der Waals surface area contributed by atoms with Gasteiger partial charge in [-0.05, 0) is 5.56 Å². The van der Waals surface area contributed by atoms with Crippen molar-refractivity contribution in [2.24, 2.45) is 5.41 Å². The monoisotopic (exact) mass is 214 g/mol. The molecule has 1 aromatic rings. The topological polar surface area (TPSA) is 73.9 Å². The van der Waals surface area contributed by atoms with Crippen molar-refractivity contribution in [1.82, 2.24) is 0 Å². The molecule has 16 heavy (non-hydrogen) atoms. The third kappa shape index (κ3) is 2.18. The minimum atomic E-state index is -1.75. The molecule has 0 atom stereocenters. The maximum absolute atomic E-state index is 11.4. The average molecular weight is 214 g/mol. The summed E-state index contributed by atoms with van der Waals surface area (Å²) in [5.41, 5.74) is -1.01. The molecule has 0 saturated carbocycles. The van der Waals surface area contributed by atoms with E-state index in [0.29, 0.717) is 0 Å². The molecule has 0 N–H and O–H groups in total. The van der Waals surface area contributed by atoms with Gasteiger partial charge in [-0.1, -0.05) is 30.3 Å². The van der Waals surface area contributed by atoms with Gasteiger partial charge in [-0.25, -0.2) is 4.79 Å². The van der Waals surface area contributed by atoms with E-state index in [1.54, 1.807) is 36.4 Å². The Morgan fingerprint density at radius 1 is 1.31 bits per heavy atom. The molecule has 0 heterocycles. The van der Waals surface area contributed by atoms with Gasteiger partial charge in [0.25, 0.3) is 0 Å². The van der Waals surface area contributed by atoms with Gasteiger partial charge in [-0.2, -0.15) is 10.5 Å². The zero-order valence-corrected chi connectivity index (χ0v) is 8.80. The fourth-order valence-electron chi connectivity index (χ4n) is 1.34. The van der Waals surface area contributed by atoms with E-state index in [9.17, 15) is 4.79 Å². The molecule has 0 aromatic heterocycles. The highest BCUT2D eigenvalue weighted by molar-refractivity contribution is 5.83. The summed E-state index contributed by atoms with van der Waals surface area (Å²) >= 11 is 0. The minimum Gasteiger partial charge on any atom is -0.467 e. The zero-order chi connectivity index (χ0) is 12.0. The van der Waals surface area contributed by atoms with Gasteiger partial charge in [0, 0.05) is 6.42 Å². The third-order valence-corrected chi connectivity index (χ3v) is 2.23. The van der Waals surface area contributed by atoms with E-state index < -0.39 is 11.4 Å². The molecule has 0 aliphatic carbocycles. The number of ether oxygens (including phenoxy) is 1. The number of nitrogens with zero attached hydrogens (tertiary/aromatic N) is 2. The lowest BCUT2D eigenvalue weighted by molar-refractivity contribution is -0.146. The number of methoxy groups -OCH3 is 1. The van der Waals surface area contributed by atoms with E-state index in [2.05, 4.69) is 4.74 Å². The molecule has 4 nitrogen and oxygen atoms in total. The van der Waals surface area contributed by atoms with Gasteiger partial charge in [0.2, 0.25) is 5.41 Å². The van der Waals surface area contributed by atoms with E-state index in [4.69, 9.17) is 10.5 Å². The number of nitriles is 2. The second-order valence-corrected chi connectivity index (χ2v) is 3.28. The highest BCUT2D eigenvalue weighted by Crippen LogP contribution is 2.23. The van der Waals surface area contributed by atoms with Gasteiger partial charge in [-0.15, -0.1) is 0 Å². The first-order valence-electron chi connectivity index (χ1n) is 4.63. The van der Waals surface area contributed by atoms with Crippen molar-refractivity contribution < 1.29 is 9.53 Å². The largest absolute Gasteiger partial charge is 0.467 e. The first kappa shape index (κ1) is 11.7. The van der Waals surface area contributed by atoms with Crippen molar-refractivity contribution in [3.63, 3.8) is 0 Å². The average Bonchev–Trinajstić information content (AvgIpc) is 2.36. The minimum absolute atomic E-state index is 0.0352. The van der Waals surface area contributed by atoms with Crippen LogP contribution >= 0.6 is 0 Å². The number of benzene rings is 1. The predicted octanol–water partition coefficient (Wildman–Crippen LogP) is 1.44. The van der Waals surface area contributed by atoms with Gasteiger partial charge in [0.1, 0.15) is 0 Å². The molecule has 80 valence electrons. The van der Waals surface area contributed by atoms with Crippen LogP contribution < -0.4 is 0 Å². The van der Waals surface area contributed by atoms with Gasteiger partial charge in [0.05, 0.1) is 19.2 Å². The second-order valence-electron chi connectivity index (χ2n) is 3.28. The first-order valence-corrected chi connectivity index (χ1v) is 4.63. The number of carbonyl (C=O) groups excluding carboxylic acids is 1. The van der Waals surface area contributed by atoms with Crippen LogP contribution in [0, 0.1) is 28.1 Å². The lowest BCUT2D eigenvalue weighted by atomic mass is 9.84. The van der Waals surface area contributed by atoms with Crippen molar-refractivity contribution in [3.8, 4) is 12.1 Å². The molecule has 0 aliphatic rings. The Morgan fingerprint density at radius 2 is 1.88 bits per heavy atom. The van der Waals surface area contributed by atoms with Crippen LogP contribution in [0.1, 0.15) is 5.56 Å². The van der Waals surface area contributed by atoms with Crippen molar-refractivity contribution in [3.05, 3.63) is 35.9 Å². The van der Waals surface area contributed by atoms with Crippen molar-refractivity contribution >= 4 is 5.97 Å². The fraction of sp³-hybridized carbons (Fsp3) is 0.250. The molecular formula is C12H10N2O2. The number of rotatable bonds is 3. The maximum atomic E-state index is 11.4. The SMILES string of the molecule is COC(=O)C(C#N)(C#N)Cc1ccccc1. The van der Waals surface area contributed by atoms with Crippen LogP contribution in [-0.4, -0.2) is 13.1 Å². The van der Waals surface area contributed by atoms with Crippen LogP contribution in [0.2, 0.25) is 0 Å². The standard InChI is InChI=1S/C12H10N2O2/c1-16-11(15)12(8-13,9-14)7-10-5-3-2-4-6-10/h2-6H,7H2,1H3. The van der Waals surface area contributed by atoms with Gasteiger partial charge in [0.15, 0.2) is 0 Å². The molecule has 0 saturated heterocycles. The highest BCUT2D eigenvalue weighted by atomic mass is 16.5. The molecule has 0 radical (unpaired) electrons. The molecule has 0 aliphatic heterocycles. The summed E-state index contributed by atoms with van der Waals surface area (Å²) in [5.74, 6) is -0.818. The number of hydrogen-bond donors (Lipinski definition) is 0. The molecule has 4 heteroatoms. The number of esters is 1. The molecule has 1 aromatic carbocycles. The van der Waals surface area contributed by atoms with Crippen molar-refractivity contribution in [2.75, 3.05) is 7.11 Å². The highest BCUT2D eigenvalue weighted by Gasteiger charge is 2.40. The normalized spacial score (nSPS) is 9.94. The molecule has 0 bridgehead atoms.